The average molecular weight is 250 g/mol. The number of Topliss-reactive ketones (excluding diaryl/α,β-unsaturated/α-hetero) is 1. The minimum atomic E-state index is -1.40. The van der Waals surface area contributed by atoms with E-state index in [1.807, 2.05) is 0 Å². The molecule has 0 bridgehead atoms. The lowest BCUT2D eigenvalue weighted by atomic mass is 9.95. The number of carboxylic acid groups (broad SMARTS) is 1. The molecule has 1 atom stereocenters. The zero-order valence-electron chi connectivity index (χ0n) is 9.96. The molecule has 0 saturated heterocycles. The SMILES string of the molecule is CCOC(=O)C(=O)C(Cc1ccccc1)C(=O)O. The van der Waals surface area contributed by atoms with Crippen molar-refractivity contribution in [2.75, 3.05) is 6.61 Å². The molecule has 1 N–H and O–H groups in total. The Morgan fingerprint density at radius 1 is 1.22 bits per heavy atom. The molecule has 5 nitrogen and oxygen atoms in total. The fourth-order valence-electron chi connectivity index (χ4n) is 1.49. The Balaban J connectivity index is 2.81. The summed E-state index contributed by atoms with van der Waals surface area (Å²) in [7, 11) is 0. The first-order valence-electron chi connectivity index (χ1n) is 5.54. The van der Waals surface area contributed by atoms with Crippen molar-refractivity contribution in [1.29, 1.82) is 0 Å². The van der Waals surface area contributed by atoms with Crippen LogP contribution < -0.4 is 0 Å². The Hall–Kier alpha value is -2.17. The van der Waals surface area contributed by atoms with Crippen LogP contribution in [-0.4, -0.2) is 29.4 Å². The molecule has 0 aliphatic rings. The lowest BCUT2D eigenvalue weighted by molar-refractivity contribution is -0.160. The van der Waals surface area contributed by atoms with Gasteiger partial charge in [0.05, 0.1) is 6.61 Å². The van der Waals surface area contributed by atoms with Gasteiger partial charge < -0.3 is 9.84 Å². The van der Waals surface area contributed by atoms with Crippen molar-refractivity contribution >= 4 is 17.7 Å². The number of hydrogen-bond donors (Lipinski definition) is 1. The summed E-state index contributed by atoms with van der Waals surface area (Å²) in [6, 6.07) is 8.67. The molecule has 5 heteroatoms. The number of carbonyl (C=O) groups excluding carboxylic acids is 2. The fourth-order valence-corrected chi connectivity index (χ4v) is 1.49. The number of ether oxygens (including phenoxy) is 1. The number of carboxylic acids is 1. The number of ketones is 1. The third kappa shape index (κ3) is 3.69. The van der Waals surface area contributed by atoms with Crippen LogP contribution in [0.4, 0.5) is 0 Å². The molecule has 18 heavy (non-hydrogen) atoms. The van der Waals surface area contributed by atoms with Crippen LogP contribution in [0.5, 0.6) is 0 Å². The minimum absolute atomic E-state index is 0.0200. The molecule has 1 rings (SSSR count). The van der Waals surface area contributed by atoms with Crippen LogP contribution in [0.15, 0.2) is 30.3 Å². The van der Waals surface area contributed by atoms with Crippen molar-refractivity contribution in [3.63, 3.8) is 0 Å². The Bertz CT molecular complexity index is 438. The first-order chi connectivity index (χ1) is 8.56. The highest BCUT2D eigenvalue weighted by molar-refractivity contribution is 6.37. The lowest BCUT2D eigenvalue weighted by Crippen LogP contribution is -2.33. The summed E-state index contributed by atoms with van der Waals surface area (Å²) in [6.07, 6.45) is -0.0200. The molecule has 0 aliphatic heterocycles. The molecule has 0 aromatic heterocycles. The summed E-state index contributed by atoms with van der Waals surface area (Å²) >= 11 is 0. The van der Waals surface area contributed by atoms with Gasteiger partial charge in [0.25, 0.3) is 5.78 Å². The molecular formula is C13H14O5. The summed E-state index contributed by atoms with van der Waals surface area (Å²) in [6.45, 7) is 1.60. The number of esters is 1. The molecule has 0 saturated carbocycles. The quantitative estimate of drug-likeness (QED) is 0.464. The summed E-state index contributed by atoms with van der Waals surface area (Å²) < 4.78 is 4.52. The number of aliphatic carboxylic acids is 1. The molecule has 0 heterocycles. The van der Waals surface area contributed by atoms with E-state index in [1.54, 1.807) is 37.3 Å². The maximum Gasteiger partial charge on any atom is 0.375 e. The molecule has 96 valence electrons. The van der Waals surface area contributed by atoms with Gasteiger partial charge >= 0.3 is 11.9 Å². The van der Waals surface area contributed by atoms with E-state index in [2.05, 4.69) is 4.74 Å². The van der Waals surface area contributed by atoms with E-state index in [0.717, 1.165) is 0 Å². The van der Waals surface area contributed by atoms with Crippen LogP contribution in [0.2, 0.25) is 0 Å². The van der Waals surface area contributed by atoms with E-state index in [4.69, 9.17) is 5.11 Å². The Morgan fingerprint density at radius 3 is 2.33 bits per heavy atom. The molecule has 1 aromatic rings. The molecular weight excluding hydrogens is 236 g/mol. The highest BCUT2D eigenvalue weighted by Crippen LogP contribution is 2.11. The average Bonchev–Trinajstić information content (AvgIpc) is 2.36. The van der Waals surface area contributed by atoms with Crippen molar-refractivity contribution in [2.45, 2.75) is 13.3 Å². The van der Waals surface area contributed by atoms with Crippen molar-refractivity contribution < 1.29 is 24.2 Å². The van der Waals surface area contributed by atoms with Crippen molar-refractivity contribution in [2.24, 2.45) is 5.92 Å². The van der Waals surface area contributed by atoms with E-state index in [1.165, 1.54) is 0 Å². The van der Waals surface area contributed by atoms with Gasteiger partial charge in [-0.1, -0.05) is 30.3 Å². The molecule has 1 unspecified atom stereocenters. The van der Waals surface area contributed by atoms with Gasteiger partial charge in [-0.15, -0.1) is 0 Å². The maximum atomic E-state index is 11.6. The van der Waals surface area contributed by atoms with Gasteiger partial charge in [0.1, 0.15) is 5.92 Å². The Morgan fingerprint density at radius 2 is 1.83 bits per heavy atom. The van der Waals surface area contributed by atoms with Crippen LogP contribution in [0.3, 0.4) is 0 Å². The molecule has 0 amide bonds. The standard InChI is InChI=1S/C13H14O5/c1-2-18-13(17)11(14)10(12(15)16)8-9-6-4-3-5-7-9/h3-7,10H,2,8H2,1H3,(H,15,16). The van der Waals surface area contributed by atoms with E-state index in [-0.39, 0.29) is 13.0 Å². The third-order valence-corrected chi connectivity index (χ3v) is 2.37. The molecule has 0 fully saturated rings. The number of carbonyl (C=O) groups is 3. The first-order valence-corrected chi connectivity index (χ1v) is 5.54. The van der Waals surface area contributed by atoms with E-state index in [0.29, 0.717) is 5.56 Å². The van der Waals surface area contributed by atoms with Crippen molar-refractivity contribution in [1.82, 2.24) is 0 Å². The first kappa shape index (κ1) is 13.9. The predicted molar refractivity (Wildman–Crippen MR) is 62.9 cm³/mol. The van der Waals surface area contributed by atoms with Crippen LogP contribution in [-0.2, 0) is 25.5 Å². The highest BCUT2D eigenvalue weighted by atomic mass is 16.5. The van der Waals surface area contributed by atoms with Gasteiger partial charge in [-0.3, -0.25) is 9.59 Å². The topological polar surface area (TPSA) is 80.7 Å². The maximum absolute atomic E-state index is 11.6. The minimum Gasteiger partial charge on any atom is -0.481 e. The van der Waals surface area contributed by atoms with Gasteiger partial charge in [-0.25, -0.2) is 4.79 Å². The monoisotopic (exact) mass is 250 g/mol. The van der Waals surface area contributed by atoms with Crippen molar-refractivity contribution in [3.8, 4) is 0 Å². The summed E-state index contributed by atoms with van der Waals surface area (Å²) in [4.78, 5) is 33.9. The third-order valence-electron chi connectivity index (χ3n) is 2.37. The second kappa shape index (κ2) is 6.54. The van der Waals surface area contributed by atoms with E-state index < -0.39 is 23.6 Å². The van der Waals surface area contributed by atoms with E-state index >= 15 is 0 Å². The summed E-state index contributed by atoms with van der Waals surface area (Å²) in [5.41, 5.74) is 0.683. The number of rotatable bonds is 6. The highest BCUT2D eigenvalue weighted by Gasteiger charge is 2.32. The lowest BCUT2D eigenvalue weighted by Gasteiger charge is -2.10. The Labute approximate surface area is 104 Å². The summed E-state index contributed by atoms with van der Waals surface area (Å²) in [5, 5.41) is 8.99. The number of benzene rings is 1. The van der Waals surface area contributed by atoms with Crippen LogP contribution in [0.1, 0.15) is 12.5 Å². The van der Waals surface area contributed by atoms with Crippen LogP contribution >= 0.6 is 0 Å². The van der Waals surface area contributed by atoms with Gasteiger partial charge in [-0.2, -0.15) is 0 Å². The zero-order valence-corrected chi connectivity index (χ0v) is 9.96. The molecule has 0 aliphatic carbocycles. The predicted octanol–water partition coefficient (Wildman–Crippen LogP) is 1.06. The second-order valence-corrected chi connectivity index (χ2v) is 3.67. The van der Waals surface area contributed by atoms with Crippen LogP contribution in [0.25, 0.3) is 0 Å². The largest absolute Gasteiger partial charge is 0.481 e. The van der Waals surface area contributed by atoms with Gasteiger partial charge in [0.2, 0.25) is 0 Å². The zero-order chi connectivity index (χ0) is 13.5. The van der Waals surface area contributed by atoms with Gasteiger partial charge in [0, 0.05) is 0 Å². The van der Waals surface area contributed by atoms with Gasteiger partial charge in [0.15, 0.2) is 0 Å². The van der Waals surface area contributed by atoms with Crippen LogP contribution in [0, 0.1) is 5.92 Å². The molecule has 0 radical (unpaired) electrons. The van der Waals surface area contributed by atoms with Crippen molar-refractivity contribution in [3.05, 3.63) is 35.9 Å². The second-order valence-electron chi connectivity index (χ2n) is 3.67. The molecule has 0 spiro atoms. The summed E-state index contributed by atoms with van der Waals surface area (Å²) in [5.74, 6) is -4.84. The van der Waals surface area contributed by atoms with E-state index in [9.17, 15) is 14.4 Å². The number of hydrogen-bond acceptors (Lipinski definition) is 4. The Kier molecular flexibility index (Phi) is 5.05. The smallest absolute Gasteiger partial charge is 0.375 e. The molecule has 1 aromatic carbocycles. The van der Waals surface area contributed by atoms with Gasteiger partial charge in [-0.05, 0) is 18.9 Å². The fraction of sp³-hybridized carbons (Fsp3) is 0.308. The normalized spacial score (nSPS) is 11.6.